The highest BCUT2D eigenvalue weighted by molar-refractivity contribution is 6.36. The van der Waals surface area contributed by atoms with E-state index in [0.29, 0.717) is 11.3 Å². The van der Waals surface area contributed by atoms with Crippen LogP contribution in [-0.4, -0.2) is 41.0 Å². The van der Waals surface area contributed by atoms with Gasteiger partial charge in [0.15, 0.2) is 5.57 Å². The van der Waals surface area contributed by atoms with Crippen molar-refractivity contribution >= 4 is 23.1 Å². The van der Waals surface area contributed by atoms with Gasteiger partial charge in [-0.05, 0) is 24.5 Å². The van der Waals surface area contributed by atoms with Crippen molar-refractivity contribution in [1.29, 1.82) is 5.26 Å². The van der Waals surface area contributed by atoms with Crippen molar-refractivity contribution in [1.82, 2.24) is 4.90 Å². The van der Waals surface area contributed by atoms with E-state index in [1.165, 1.54) is 5.56 Å². The van der Waals surface area contributed by atoms with Crippen LogP contribution in [0.2, 0.25) is 0 Å². The van der Waals surface area contributed by atoms with Crippen LogP contribution in [0.3, 0.4) is 0 Å². The van der Waals surface area contributed by atoms with E-state index in [4.69, 9.17) is 0 Å². The van der Waals surface area contributed by atoms with Gasteiger partial charge < -0.3 is 10.0 Å². The zero-order valence-electron chi connectivity index (χ0n) is 15.9. The summed E-state index contributed by atoms with van der Waals surface area (Å²) in [6, 6.07) is 19.1. The summed E-state index contributed by atoms with van der Waals surface area (Å²) in [5, 5.41) is 18.7. The van der Waals surface area contributed by atoms with Crippen molar-refractivity contribution in [2.24, 2.45) is 0 Å². The molecule has 2 heterocycles. The minimum Gasteiger partial charge on any atom is -0.477 e. The van der Waals surface area contributed by atoms with Gasteiger partial charge in [-0.1, -0.05) is 48.5 Å². The number of carboxylic acids is 1. The Morgan fingerprint density at radius 2 is 1.72 bits per heavy atom. The maximum atomic E-state index is 13.2. The average molecular weight is 387 g/mol. The molecule has 146 valence electrons. The molecule has 0 unspecified atom stereocenters. The zero-order valence-corrected chi connectivity index (χ0v) is 15.9. The molecule has 0 aromatic heterocycles. The molecule has 2 aliphatic heterocycles. The van der Waals surface area contributed by atoms with Crippen molar-refractivity contribution in [2.45, 2.75) is 25.4 Å². The van der Waals surface area contributed by atoms with Crippen LogP contribution in [0.1, 0.15) is 24.0 Å². The number of likely N-dealkylation sites (tertiary alicyclic amines) is 1. The largest absolute Gasteiger partial charge is 0.477 e. The molecule has 0 aliphatic carbocycles. The highest BCUT2D eigenvalue weighted by Gasteiger charge is 2.40. The number of piperidine rings is 1. The quantitative estimate of drug-likeness (QED) is 0.644. The van der Waals surface area contributed by atoms with Gasteiger partial charge in [-0.2, -0.15) is 5.26 Å². The van der Waals surface area contributed by atoms with E-state index in [1.807, 2.05) is 30.3 Å². The summed E-state index contributed by atoms with van der Waals surface area (Å²) in [5.41, 5.74) is 2.00. The van der Waals surface area contributed by atoms with E-state index in [9.17, 15) is 20.0 Å². The number of fused-ring (bicyclic) bond motifs is 1. The lowest BCUT2D eigenvalue weighted by molar-refractivity contribution is -0.132. The third-order valence-electron chi connectivity index (χ3n) is 5.61. The number of aliphatic carboxylic acids is 1. The van der Waals surface area contributed by atoms with Crippen molar-refractivity contribution < 1.29 is 14.7 Å². The number of carbonyl (C=O) groups is 2. The average Bonchev–Trinajstić information content (AvgIpc) is 3.02. The molecule has 2 aromatic carbocycles. The van der Waals surface area contributed by atoms with Crippen LogP contribution in [0.25, 0.3) is 5.57 Å². The normalized spacial score (nSPS) is 19.0. The van der Waals surface area contributed by atoms with Gasteiger partial charge in [-0.25, -0.2) is 4.79 Å². The van der Waals surface area contributed by atoms with Crippen molar-refractivity contribution in [3.8, 4) is 6.07 Å². The molecular weight excluding hydrogens is 366 g/mol. The Labute approximate surface area is 169 Å². The van der Waals surface area contributed by atoms with Crippen LogP contribution in [0.4, 0.5) is 5.69 Å². The fraction of sp³-hybridized carbons (Fsp3) is 0.261. The van der Waals surface area contributed by atoms with Crippen molar-refractivity contribution in [3.63, 3.8) is 0 Å². The maximum Gasteiger partial charge on any atom is 0.347 e. The second kappa shape index (κ2) is 7.90. The SMILES string of the molecule is N#C/C(C(=O)O)=C1/C(=O)N(C2CCN(Cc3ccccc3)CC2)c2ccccc21. The number of nitrogens with zero attached hydrogens (tertiary/aromatic N) is 3. The topological polar surface area (TPSA) is 84.6 Å². The predicted molar refractivity (Wildman–Crippen MR) is 109 cm³/mol. The number of rotatable bonds is 4. The highest BCUT2D eigenvalue weighted by atomic mass is 16.4. The Kier molecular flexibility index (Phi) is 5.15. The Morgan fingerprint density at radius 1 is 1.07 bits per heavy atom. The van der Waals surface area contributed by atoms with E-state index in [2.05, 4.69) is 17.0 Å². The van der Waals surface area contributed by atoms with Crippen LogP contribution >= 0.6 is 0 Å². The molecule has 0 spiro atoms. The Morgan fingerprint density at radius 3 is 2.38 bits per heavy atom. The predicted octanol–water partition coefficient (Wildman–Crippen LogP) is 3.06. The third-order valence-corrected chi connectivity index (χ3v) is 5.61. The molecule has 0 saturated carbocycles. The number of carbonyl (C=O) groups excluding carboxylic acids is 1. The molecule has 1 amide bonds. The summed E-state index contributed by atoms with van der Waals surface area (Å²) in [6.07, 6.45) is 1.60. The molecule has 4 rings (SSSR count). The van der Waals surface area contributed by atoms with Crippen LogP contribution in [0.5, 0.6) is 0 Å². The fourth-order valence-corrected chi connectivity index (χ4v) is 4.23. The first-order chi connectivity index (χ1) is 14.1. The number of nitriles is 1. The number of amides is 1. The number of carboxylic acid groups (broad SMARTS) is 1. The Balaban J connectivity index is 1.56. The van der Waals surface area contributed by atoms with E-state index >= 15 is 0 Å². The molecule has 29 heavy (non-hydrogen) atoms. The van der Waals surface area contributed by atoms with Crippen LogP contribution in [0.15, 0.2) is 60.2 Å². The van der Waals surface area contributed by atoms with Crippen LogP contribution < -0.4 is 4.90 Å². The summed E-state index contributed by atoms with van der Waals surface area (Å²) in [6.45, 7) is 2.59. The molecule has 0 radical (unpaired) electrons. The number of hydrogen-bond donors (Lipinski definition) is 1. The lowest BCUT2D eigenvalue weighted by Gasteiger charge is -2.37. The summed E-state index contributed by atoms with van der Waals surface area (Å²) >= 11 is 0. The van der Waals surface area contributed by atoms with Crippen LogP contribution in [0, 0.1) is 11.3 Å². The van der Waals surface area contributed by atoms with E-state index in [-0.39, 0.29) is 17.5 Å². The maximum absolute atomic E-state index is 13.2. The van der Waals surface area contributed by atoms with E-state index < -0.39 is 11.5 Å². The molecule has 1 saturated heterocycles. The fourth-order valence-electron chi connectivity index (χ4n) is 4.23. The molecule has 6 nitrogen and oxygen atoms in total. The molecule has 1 N–H and O–H groups in total. The monoisotopic (exact) mass is 387 g/mol. The van der Waals surface area contributed by atoms with Gasteiger partial charge in [0.1, 0.15) is 6.07 Å². The number of benzene rings is 2. The number of hydrogen-bond acceptors (Lipinski definition) is 4. The smallest absolute Gasteiger partial charge is 0.347 e. The van der Waals surface area contributed by atoms with Gasteiger partial charge in [0.2, 0.25) is 0 Å². The van der Waals surface area contributed by atoms with Gasteiger partial charge in [0.05, 0.1) is 11.3 Å². The highest BCUT2D eigenvalue weighted by Crippen LogP contribution is 2.41. The minimum atomic E-state index is -1.37. The second-order valence-corrected chi connectivity index (χ2v) is 7.35. The Bertz CT molecular complexity index is 1020. The lowest BCUT2D eigenvalue weighted by Crippen LogP contribution is -2.46. The first-order valence-corrected chi connectivity index (χ1v) is 9.67. The lowest BCUT2D eigenvalue weighted by atomic mass is 10.0. The first kappa shape index (κ1) is 18.9. The van der Waals surface area contributed by atoms with Crippen LogP contribution in [-0.2, 0) is 16.1 Å². The third kappa shape index (κ3) is 3.53. The molecule has 6 heteroatoms. The molecule has 1 fully saturated rings. The van der Waals surface area contributed by atoms with Gasteiger partial charge in [0.25, 0.3) is 5.91 Å². The van der Waals surface area contributed by atoms with E-state index in [1.54, 1.807) is 23.1 Å². The van der Waals surface area contributed by atoms with Crippen molar-refractivity contribution in [2.75, 3.05) is 18.0 Å². The van der Waals surface area contributed by atoms with E-state index in [0.717, 1.165) is 32.5 Å². The van der Waals surface area contributed by atoms with Gasteiger partial charge in [-0.15, -0.1) is 0 Å². The molecular formula is C23H21N3O3. The molecule has 2 aliphatic rings. The van der Waals surface area contributed by atoms with Gasteiger partial charge in [0, 0.05) is 31.2 Å². The summed E-state index contributed by atoms with van der Waals surface area (Å²) in [7, 11) is 0. The summed E-state index contributed by atoms with van der Waals surface area (Å²) in [5.74, 6) is -1.75. The van der Waals surface area contributed by atoms with Crippen molar-refractivity contribution in [3.05, 3.63) is 71.3 Å². The first-order valence-electron chi connectivity index (χ1n) is 9.67. The van der Waals surface area contributed by atoms with Gasteiger partial charge in [-0.3, -0.25) is 9.69 Å². The van der Waals surface area contributed by atoms with Gasteiger partial charge >= 0.3 is 5.97 Å². The molecule has 0 atom stereocenters. The standard InChI is InChI=1S/C23H21N3O3/c24-14-19(23(28)29)21-18-8-4-5-9-20(18)26(22(21)27)17-10-12-25(13-11-17)15-16-6-2-1-3-7-16/h1-9,17H,10-13,15H2,(H,28,29)/b21-19-. The Hall–Kier alpha value is -3.43. The zero-order chi connectivity index (χ0) is 20.4. The molecule has 2 aromatic rings. The number of para-hydroxylation sites is 1. The second-order valence-electron chi connectivity index (χ2n) is 7.35. The summed E-state index contributed by atoms with van der Waals surface area (Å²) < 4.78 is 0. The summed E-state index contributed by atoms with van der Waals surface area (Å²) in [4.78, 5) is 28.8. The number of anilines is 1. The minimum absolute atomic E-state index is 0.00214. The molecule has 0 bridgehead atoms.